The molecule has 1 saturated heterocycles. The van der Waals surface area contributed by atoms with E-state index in [1.807, 2.05) is 0 Å². The summed E-state index contributed by atoms with van der Waals surface area (Å²) in [4.78, 5) is 37.7. The predicted octanol–water partition coefficient (Wildman–Crippen LogP) is 1.21. The zero-order valence-electron chi connectivity index (χ0n) is 16.5. The van der Waals surface area contributed by atoms with Crippen LogP contribution < -0.4 is 10.1 Å². The van der Waals surface area contributed by atoms with E-state index in [9.17, 15) is 37.9 Å². The molecule has 182 valence electrons. The van der Waals surface area contributed by atoms with Gasteiger partial charge in [-0.05, 0) is 5.57 Å². The number of β-lactam (4-membered cyclic amide) rings is 1. The zero-order chi connectivity index (χ0) is 24.8. The lowest BCUT2D eigenvalue weighted by atomic mass is 10.0. The molecule has 0 saturated carbocycles. The Labute approximate surface area is 204 Å². The number of amides is 2. The summed E-state index contributed by atoms with van der Waals surface area (Å²) in [5, 5.41) is 35.5. The van der Waals surface area contributed by atoms with Gasteiger partial charge in [-0.1, -0.05) is 23.1 Å². The number of carboxylic acid groups (broad SMARTS) is 1. The summed E-state index contributed by atoms with van der Waals surface area (Å²) >= 11 is 3.37. The molecule has 4 heterocycles. The fourth-order valence-electron chi connectivity index (χ4n) is 3.19. The van der Waals surface area contributed by atoms with Gasteiger partial charge >= 0.3 is 12.1 Å². The SMILES string of the molecule is N=c1scc(CC(=O)NC2C(=O)N3C(C(=O)O)=C(CSc4nnc(C(F)(F)F)s4)CSC23)n1O. The topological polar surface area (TPSA) is 162 Å². The monoisotopic (exact) mass is 554 g/mol. The average molecular weight is 555 g/mol. The fraction of sp³-hybridized carbons (Fsp3) is 0.375. The van der Waals surface area contributed by atoms with Gasteiger partial charge in [-0.2, -0.15) is 17.9 Å². The van der Waals surface area contributed by atoms with Crippen molar-refractivity contribution in [1.29, 1.82) is 5.41 Å². The Morgan fingerprint density at radius 1 is 1.35 bits per heavy atom. The Morgan fingerprint density at radius 2 is 2.09 bits per heavy atom. The molecule has 2 aromatic rings. The normalized spacial score (nSPS) is 20.2. The molecule has 2 aromatic heterocycles. The number of thioether (sulfide) groups is 2. The van der Waals surface area contributed by atoms with Crippen molar-refractivity contribution in [1.82, 2.24) is 25.1 Å². The summed E-state index contributed by atoms with van der Waals surface area (Å²) in [7, 11) is 0. The summed E-state index contributed by atoms with van der Waals surface area (Å²) in [5.74, 6) is -2.40. The number of carbonyl (C=O) groups is 3. The van der Waals surface area contributed by atoms with Gasteiger partial charge in [0.1, 0.15) is 17.1 Å². The number of halogens is 3. The molecule has 4 rings (SSSR count). The lowest BCUT2D eigenvalue weighted by Gasteiger charge is -2.49. The van der Waals surface area contributed by atoms with Gasteiger partial charge in [0.05, 0.1) is 12.1 Å². The van der Waals surface area contributed by atoms with Crippen LogP contribution in [-0.4, -0.2) is 70.8 Å². The Balaban J connectivity index is 1.43. The number of nitrogens with zero attached hydrogens (tertiary/aromatic N) is 4. The molecular weight excluding hydrogens is 541 g/mol. The van der Waals surface area contributed by atoms with Crippen molar-refractivity contribution in [3.05, 3.63) is 32.2 Å². The van der Waals surface area contributed by atoms with Crippen LogP contribution in [-0.2, 0) is 27.0 Å². The first-order valence-electron chi connectivity index (χ1n) is 9.13. The standard InChI is InChI=1S/C16H13F3N6O5S4/c17-16(18,19)13-22-23-15(34-13)33-3-5-2-31-11-8(10(27)24(11)9(5)12(28)29)21-7(26)1-6-4-32-14(20)25(6)30/h4,8,11,20,30H,1-3H2,(H,21,26)(H,28,29). The summed E-state index contributed by atoms with van der Waals surface area (Å²) in [5.41, 5.74) is 0.239. The molecule has 2 unspecified atom stereocenters. The van der Waals surface area contributed by atoms with Gasteiger partial charge in [0, 0.05) is 16.9 Å². The summed E-state index contributed by atoms with van der Waals surface area (Å²) in [6.45, 7) is 0. The van der Waals surface area contributed by atoms with Crippen molar-refractivity contribution >= 4 is 64.0 Å². The summed E-state index contributed by atoms with van der Waals surface area (Å²) < 4.78 is 38.6. The van der Waals surface area contributed by atoms with E-state index in [1.165, 1.54) is 17.1 Å². The minimum atomic E-state index is -4.62. The highest BCUT2D eigenvalue weighted by Gasteiger charge is 2.54. The number of carbonyl (C=O) groups excluding carboxylic acids is 2. The van der Waals surface area contributed by atoms with Gasteiger partial charge in [-0.3, -0.25) is 19.9 Å². The van der Waals surface area contributed by atoms with Crippen molar-refractivity contribution in [2.75, 3.05) is 11.5 Å². The molecule has 11 nitrogen and oxygen atoms in total. The second-order valence-electron chi connectivity index (χ2n) is 6.89. The molecule has 34 heavy (non-hydrogen) atoms. The predicted molar refractivity (Wildman–Crippen MR) is 114 cm³/mol. The molecule has 18 heteroatoms. The largest absolute Gasteiger partial charge is 0.477 e. The maximum Gasteiger partial charge on any atom is 0.445 e. The number of hydrogen-bond donors (Lipinski definition) is 4. The Bertz CT molecular complexity index is 1250. The molecule has 2 amide bonds. The van der Waals surface area contributed by atoms with E-state index in [4.69, 9.17) is 5.41 Å². The van der Waals surface area contributed by atoms with Gasteiger partial charge in [0.2, 0.25) is 15.7 Å². The summed E-state index contributed by atoms with van der Waals surface area (Å²) in [6.07, 6.45) is -4.90. The van der Waals surface area contributed by atoms with Crippen LogP contribution in [0.25, 0.3) is 0 Å². The first-order valence-corrected chi connectivity index (χ1v) is 12.9. The molecule has 0 radical (unpaired) electrons. The smallest absolute Gasteiger partial charge is 0.445 e. The fourth-order valence-corrected chi connectivity index (χ4v) is 7.04. The quantitative estimate of drug-likeness (QED) is 0.224. The number of aromatic nitrogens is 3. The number of alkyl halides is 3. The van der Waals surface area contributed by atoms with E-state index in [0.29, 0.717) is 21.6 Å². The molecule has 4 N–H and O–H groups in total. The number of aliphatic carboxylic acids is 1. The van der Waals surface area contributed by atoms with E-state index in [-0.39, 0.29) is 38.5 Å². The Morgan fingerprint density at radius 3 is 2.68 bits per heavy atom. The maximum absolute atomic E-state index is 12.7. The van der Waals surface area contributed by atoms with Crippen molar-refractivity contribution in [3.8, 4) is 0 Å². The van der Waals surface area contributed by atoms with Gasteiger partial charge in [-0.15, -0.1) is 33.3 Å². The molecule has 2 atom stereocenters. The van der Waals surface area contributed by atoms with Crippen LogP contribution in [0.4, 0.5) is 13.2 Å². The van der Waals surface area contributed by atoms with E-state index in [1.54, 1.807) is 0 Å². The van der Waals surface area contributed by atoms with Crippen LogP contribution >= 0.6 is 46.2 Å². The minimum absolute atomic E-state index is 0.00123. The van der Waals surface area contributed by atoms with E-state index in [2.05, 4.69) is 15.5 Å². The number of carboxylic acids is 1. The highest BCUT2D eigenvalue weighted by molar-refractivity contribution is 8.01. The number of rotatable bonds is 7. The first kappa shape index (κ1) is 24.6. The Hall–Kier alpha value is -2.57. The van der Waals surface area contributed by atoms with E-state index >= 15 is 0 Å². The number of hydrogen-bond acceptors (Lipinski definition) is 11. The molecule has 0 aromatic carbocycles. The van der Waals surface area contributed by atoms with E-state index in [0.717, 1.165) is 28.0 Å². The minimum Gasteiger partial charge on any atom is -0.477 e. The van der Waals surface area contributed by atoms with Gasteiger partial charge in [0.25, 0.3) is 5.91 Å². The van der Waals surface area contributed by atoms with E-state index < -0.39 is 40.4 Å². The van der Waals surface area contributed by atoms with Crippen LogP contribution in [0.3, 0.4) is 0 Å². The number of fused-ring (bicyclic) bond motifs is 1. The summed E-state index contributed by atoms with van der Waals surface area (Å²) in [6, 6.07) is -0.972. The van der Waals surface area contributed by atoms with Crippen LogP contribution in [0.15, 0.2) is 21.0 Å². The molecule has 0 aliphatic carbocycles. The molecule has 0 bridgehead atoms. The van der Waals surface area contributed by atoms with Crippen LogP contribution in [0, 0.1) is 5.41 Å². The molecule has 1 fully saturated rings. The van der Waals surface area contributed by atoms with Crippen molar-refractivity contribution in [2.45, 2.75) is 28.4 Å². The molecule has 2 aliphatic heterocycles. The third-order valence-corrected chi connectivity index (χ3v) is 9.01. The number of nitrogens with one attached hydrogen (secondary N) is 2. The van der Waals surface area contributed by atoms with Crippen molar-refractivity contribution in [2.24, 2.45) is 0 Å². The van der Waals surface area contributed by atoms with Gasteiger partial charge in [0.15, 0.2) is 4.34 Å². The van der Waals surface area contributed by atoms with Gasteiger partial charge in [-0.25, -0.2) is 4.79 Å². The Kier molecular flexibility index (Phi) is 6.67. The lowest BCUT2D eigenvalue weighted by Crippen LogP contribution is -2.70. The molecular formula is C16H13F3N6O5S4. The molecule has 0 spiro atoms. The van der Waals surface area contributed by atoms with Crippen LogP contribution in [0.1, 0.15) is 10.7 Å². The van der Waals surface area contributed by atoms with Crippen molar-refractivity contribution < 1.29 is 37.9 Å². The van der Waals surface area contributed by atoms with Crippen molar-refractivity contribution in [3.63, 3.8) is 0 Å². The van der Waals surface area contributed by atoms with Gasteiger partial charge < -0.3 is 15.6 Å². The highest BCUT2D eigenvalue weighted by atomic mass is 32.2. The maximum atomic E-state index is 12.7. The first-order chi connectivity index (χ1) is 16.0. The zero-order valence-corrected chi connectivity index (χ0v) is 19.8. The second-order valence-corrected chi connectivity index (χ2v) is 11.1. The number of thiazole rings is 1. The molecule has 2 aliphatic rings. The highest BCUT2D eigenvalue weighted by Crippen LogP contribution is 2.42. The third-order valence-electron chi connectivity index (χ3n) is 4.70. The second kappa shape index (κ2) is 9.23. The van der Waals surface area contributed by atoms with Crippen LogP contribution in [0.2, 0.25) is 0 Å². The van der Waals surface area contributed by atoms with Crippen LogP contribution in [0.5, 0.6) is 0 Å². The third kappa shape index (κ3) is 4.66. The lowest BCUT2D eigenvalue weighted by molar-refractivity contribution is -0.150. The average Bonchev–Trinajstić information content (AvgIpc) is 3.37.